The molecule has 0 spiro atoms. The molecule has 23 heavy (non-hydrogen) atoms. The van der Waals surface area contributed by atoms with Gasteiger partial charge in [0.15, 0.2) is 0 Å². The van der Waals surface area contributed by atoms with Crippen molar-refractivity contribution in [2.75, 3.05) is 6.54 Å². The van der Waals surface area contributed by atoms with Crippen LogP contribution in [-0.2, 0) is 4.79 Å². The summed E-state index contributed by atoms with van der Waals surface area (Å²) in [6.07, 6.45) is 0.201. The number of hydrogen-bond donors (Lipinski definition) is 2. The van der Waals surface area contributed by atoms with Crippen LogP contribution in [0.3, 0.4) is 0 Å². The smallest absolute Gasteiger partial charge is 0.261 e. The van der Waals surface area contributed by atoms with Crippen LogP contribution in [0.5, 0.6) is 0 Å². The lowest BCUT2D eigenvalue weighted by Gasteiger charge is -2.16. The van der Waals surface area contributed by atoms with Crippen LogP contribution in [-0.4, -0.2) is 18.4 Å². The van der Waals surface area contributed by atoms with E-state index in [1.807, 2.05) is 18.4 Å². The van der Waals surface area contributed by atoms with Crippen LogP contribution in [0.4, 0.5) is 0 Å². The second-order valence-corrected chi connectivity index (χ2v) is 6.73. The van der Waals surface area contributed by atoms with Gasteiger partial charge in [-0.3, -0.25) is 9.59 Å². The van der Waals surface area contributed by atoms with E-state index in [1.54, 1.807) is 24.3 Å². The van der Waals surface area contributed by atoms with Gasteiger partial charge in [0.05, 0.1) is 10.9 Å². The number of thiophene rings is 1. The molecule has 1 aromatic carbocycles. The highest BCUT2D eigenvalue weighted by Gasteiger charge is 2.13. The van der Waals surface area contributed by atoms with Crippen LogP contribution in [0.1, 0.15) is 34.6 Å². The molecular formula is C16H16Cl2N2O2S. The Kier molecular flexibility index (Phi) is 6.45. The average Bonchev–Trinajstić information content (AvgIpc) is 3.01. The van der Waals surface area contributed by atoms with Gasteiger partial charge in [0.25, 0.3) is 5.91 Å². The van der Waals surface area contributed by atoms with Gasteiger partial charge in [0.2, 0.25) is 5.91 Å². The maximum atomic E-state index is 11.9. The third-order valence-corrected chi connectivity index (χ3v) is 4.62. The fourth-order valence-corrected chi connectivity index (χ4v) is 3.24. The predicted molar refractivity (Wildman–Crippen MR) is 94.3 cm³/mol. The molecule has 0 saturated carbocycles. The minimum atomic E-state index is -0.236. The SMILES string of the molecule is CC(NC(=O)CCNC(=O)c1cccs1)c1ccc(Cl)cc1Cl. The van der Waals surface area contributed by atoms with Crippen molar-refractivity contribution in [3.8, 4) is 0 Å². The molecule has 1 atom stereocenters. The normalized spacial score (nSPS) is 11.8. The van der Waals surface area contributed by atoms with Crippen LogP contribution in [0.25, 0.3) is 0 Å². The number of rotatable bonds is 6. The maximum absolute atomic E-state index is 11.9. The molecule has 0 radical (unpaired) electrons. The van der Waals surface area contributed by atoms with Crippen LogP contribution in [0.15, 0.2) is 35.7 Å². The molecule has 122 valence electrons. The first kappa shape index (κ1) is 17.8. The number of hydrogen-bond acceptors (Lipinski definition) is 3. The molecule has 0 aliphatic carbocycles. The molecule has 1 unspecified atom stereocenters. The Morgan fingerprint density at radius 1 is 1.26 bits per heavy atom. The third-order valence-electron chi connectivity index (χ3n) is 3.19. The maximum Gasteiger partial charge on any atom is 0.261 e. The highest BCUT2D eigenvalue weighted by Crippen LogP contribution is 2.26. The van der Waals surface area contributed by atoms with E-state index in [1.165, 1.54) is 11.3 Å². The van der Waals surface area contributed by atoms with Crippen LogP contribution in [0.2, 0.25) is 10.0 Å². The number of halogens is 2. The van der Waals surface area contributed by atoms with Crippen molar-refractivity contribution < 1.29 is 9.59 Å². The van der Waals surface area contributed by atoms with Gasteiger partial charge in [0, 0.05) is 23.0 Å². The first-order valence-electron chi connectivity index (χ1n) is 7.03. The lowest BCUT2D eigenvalue weighted by Crippen LogP contribution is -2.31. The van der Waals surface area contributed by atoms with E-state index in [9.17, 15) is 9.59 Å². The molecule has 2 amide bonds. The van der Waals surface area contributed by atoms with E-state index < -0.39 is 0 Å². The highest BCUT2D eigenvalue weighted by molar-refractivity contribution is 7.12. The predicted octanol–water partition coefficient (Wildman–Crippen LogP) is 4.05. The Morgan fingerprint density at radius 3 is 2.70 bits per heavy atom. The molecule has 1 heterocycles. The monoisotopic (exact) mass is 370 g/mol. The van der Waals surface area contributed by atoms with Gasteiger partial charge in [-0.25, -0.2) is 0 Å². The van der Waals surface area contributed by atoms with Gasteiger partial charge in [-0.2, -0.15) is 0 Å². The third kappa shape index (κ3) is 5.23. The number of amides is 2. The van der Waals surface area contributed by atoms with Crippen molar-refractivity contribution in [1.29, 1.82) is 0 Å². The second-order valence-electron chi connectivity index (χ2n) is 4.94. The Balaban J connectivity index is 1.79. The second kappa shape index (κ2) is 8.34. The number of carbonyl (C=O) groups excluding carboxylic acids is 2. The summed E-state index contributed by atoms with van der Waals surface area (Å²) < 4.78 is 0. The standard InChI is InChI=1S/C16H16Cl2N2O2S/c1-10(12-5-4-11(17)9-13(12)18)20-15(21)6-7-19-16(22)14-3-2-8-23-14/h2-5,8-10H,6-7H2,1H3,(H,19,22)(H,20,21). The molecule has 4 nitrogen and oxygen atoms in total. The zero-order valence-corrected chi connectivity index (χ0v) is 14.8. The van der Waals surface area contributed by atoms with Crippen molar-refractivity contribution in [3.05, 3.63) is 56.2 Å². The van der Waals surface area contributed by atoms with Gasteiger partial charge in [0.1, 0.15) is 0 Å². The van der Waals surface area contributed by atoms with E-state index >= 15 is 0 Å². The van der Waals surface area contributed by atoms with Gasteiger partial charge in [-0.05, 0) is 36.1 Å². The lowest BCUT2D eigenvalue weighted by atomic mass is 10.1. The molecule has 0 fully saturated rings. The van der Waals surface area contributed by atoms with E-state index in [0.717, 1.165) is 5.56 Å². The Labute approximate surface area is 148 Å². The summed E-state index contributed by atoms with van der Waals surface area (Å²) >= 11 is 13.3. The summed E-state index contributed by atoms with van der Waals surface area (Å²) in [5.41, 5.74) is 0.798. The molecule has 2 N–H and O–H groups in total. The molecular weight excluding hydrogens is 355 g/mol. The fraction of sp³-hybridized carbons (Fsp3) is 0.250. The van der Waals surface area contributed by atoms with Crippen LogP contribution < -0.4 is 10.6 Å². The minimum absolute atomic E-state index is 0.157. The summed E-state index contributed by atoms with van der Waals surface area (Å²) in [5.74, 6) is -0.323. The largest absolute Gasteiger partial charge is 0.351 e. The zero-order chi connectivity index (χ0) is 16.8. The fourth-order valence-electron chi connectivity index (χ4n) is 2.03. The van der Waals surface area contributed by atoms with E-state index in [2.05, 4.69) is 10.6 Å². The highest BCUT2D eigenvalue weighted by atomic mass is 35.5. The van der Waals surface area contributed by atoms with Crippen molar-refractivity contribution in [2.24, 2.45) is 0 Å². The molecule has 0 bridgehead atoms. The number of nitrogens with one attached hydrogen (secondary N) is 2. The van der Waals surface area contributed by atoms with E-state index in [-0.39, 0.29) is 30.8 Å². The van der Waals surface area contributed by atoms with Gasteiger partial charge in [-0.1, -0.05) is 35.3 Å². The number of carbonyl (C=O) groups is 2. The Bertz CT molecular complexity index is 689. The Hall–Kier alpha value is -1.56. The molecule has 7 heteroatoms. The van der Waals surface area contributed by atoms with E-state index in [0.29, 0.717) is 14.9 Å². The van der Waals surface area contributed by atoms with Gasteiger partial charge in [-0.15, -0.1) is 11.3 Å². The number of benzene rings is 1. The quantitative estimate of drug-likeness (QED) is 0.805. The van der Waals surface area contributed by atoms with Crippen LogP contribution >= 0.6 is 34.5 Å². The first-order chi connectivity index (χ1) is 11.0. The van der Waals surface area contributed by atoms with Crippen molar-refractivity contribution in [2.45, 2.75) is 19.4 Å². The summed E-state index contributed by atoms with van der Waals surface area (Å²) in [7, 11) is 0. The molecule has 2 rings (SSSR count). The minimum Gasteiger partial charge on any atom is -0.351 e. The molecule has 1 aromatic heterocycles. The molecule has 2 aromatic rings. The van der Waals surface area contributed by atoms with E-state index in [4.69, 9.17) is 23.2 Å². The van der Waals surface area contributed by atoms with Gasteiger partial charge >= 0.3 is 0 Å². The topological polar surface area (TPSA) is 58.2 Å². The molecule has 0 saturated heterocycles. The summed E-state index contributed by atoms with van der Waals surface area (Å²) in [6, 6.07) is 8.47. The van der Waals surface area contributed by atoms with Gasteiger partial charge < -0.3 is 10.6 Å². The average molecular weight is 371 g/mol. The van der Waals surface area contributed by atoms with Crippen LogP contribution in [0, 0.1) is 0 Å². The first-order valence-corrected chi connectivity index (χ1v) is 8.67. The molecule has 0 aliphatic rings. The zero-order valence-electron chi connectivity index (χ0n) is 12.4. The Morgan fingerprint density at radius 2 is 2.04 bits per heavy atom. The van der Waals surface area contributed by atoms with Crippen molar-refractivity contribution >= 4 is 46.4 Å². The lowest BCUT2D eigenvalue weighted by molar-refractivity contribution is -0.121. The summed E-state index contributed by atoms with van der Waals surface area (Å²) in [5, 5.41) is 8.46. The van der Waals surface area contributed by atoms with Crippen molar-refractivity contribution in [3.63, 3.8) is 0 Å². The molecule has 0 aliphatic heterocycles. The van der Waals surface area contributed by atoms with Crippen molar-refractivity contribution in [1.82, 2.24) is 10.6 Å². The summed E-state index contributed by atoms with van der Waals surface area (Å²) in [6.45, 7) is 2.13. The summed E-state index contributed by atoms with van der Waals surface area (Å²) in [4.78, 5) is 24.3.